The first-order valence-electron chi connectivity index (χ1n) is 6.49. The van der Waals surface area contributed by atoms with Crippen LogP contribution in [0.4, 0.5) is 11.6 Å². The van der Waals surface area contributed by atoms with Crippen LogP contribution in [0.15, 0.2) is 0 Å². The van der Waals surface area contributed by atoms with Gasteiger partial charge in [-0.15, -0.1) is 0 Å². The van der Waals surface area contributed by atoms with Crippen molar-refractivity contribution in [2.75, 3.05) is 29.5 Å². The zero-order valence-electron chi connectivity index (χ0n) is 11.6. The number of anilines is 2. The summed E-state index contributed by atoms with van der Waals surface area (Å²) in [6.07, 6.45) is 0. The van der Waals surface area contributed by atoms with Gasteiger partial charge in [0.1, 0.15) is 17.5 Å². The Morgan fingerprint density at radius 1 is 1.39 bits per heavy atom. The molecule has 1 aliphatic heterocycles. The summed E-state index contributed by atoms with van der Waals surface area (Å²) < 4.78 is 0. The molecule has 1 saturated heterocycles. The molecule has 4 nitrogen and oxygen atoms in total. The predicted molar refractivity (Wildman–Crippen MR) is 79.4 cm³/mol. The molecular formula is C13H22N4S. The van der Waals surface area contributed by atoms with Crippen LogP contribution in [0.3, 0.4) is 0 Å². The maximum atomic E-state index is 6.02. The Labute approximate surface area is 113 Å². The quantitative estimate of drug-likeness (QED) is 0.891. The first kappa shape index (κ1) is 13.5. The first-order chi connectivity index (χ1) is 8.49. The fourth-order valence-electron chi connectivity index (χ4n) is 2.12. The van der Waals surface area contributed by atoms with Gasteiger partial charge in [0, 0.05) is 35.6 Å². The Kier molecular flexibility index (Phi) is 4.00. The highest BCUT2D eigenvalue weighted by atomic mass is 32.2. The van der Waals surface area contributed by atoms with Crippen molar-refractivity contribution in [3.63, 3.8) is 0 Å². The third-order valence-electron chi connectivity index (χ3n) is 3.23. The van der Waals surface area contributed by atoms with Gasteiger partial charge in [0.25, 0.3) is 0 Å². The van der Waals surface area contributed by atoms with Crippen LogP contribution in [-0.2, 0) is 0 Å². The van der Waals surface area contributed by atoms with Crippen LogP contribution in [-0.4, -0.2) is 34.1 Å². The number of hydrogen-bond donors (Lipinski definition) is 1. The van der Waals surface area contributed by atoms with Gasteiger partial charge >= 0.3 is 0 Å². The summed E-state index contributed by atoms with van der Waals surface area (Å²) in [7, 11) is 0. The Hall–Kier alpha value is -0.970. The molecule has 2 N–H and O–H groups in total. The number of thioether (sulfide) groups is 1. The van der Waals surface area contributed by atoms with Crippen LogP contribution in [0.1, 0.15) is 38.1 Å². The largest absolute Gasteiger partial charge is 0.383 e. The second-order valence-corrected chi connectivity index (χ2v) is 6.74. The highest BCUT2D eigenvalue weighted by Crippen LogP contribution is 2.28. The van der Waals surface area contributed by atoms with Crippen molar-refractivity contribution in [2.24, 2.45) is 0 Å². The summed E-state index contributed by atoms with van der Waals surface area (Å²) in [6, 6.07) is 0. The molecule has 100 valence electrons. The van der Waals surface area contributed by atoms with Gasteiger partial charge in [0.15, 0.2) is 0 Å². The van der Waals surface area contributed by atoms with Crippen LogP contribution >= 0.6 is 11.8 Å². The Balaban J connectivity index is 2.36. The van der Waals surface area contributed by atoms with E-state index in [9.17, 15) is 0 Å². The number of rotatable bonds is 2. The summed E-state index contributed by atoms with van der Waals surface area (Å²) in [5.41, 5.74) is 7.03. The smallest absolute Gasteiger partial charge is 0.137 e. The highest BCUT2D eigenvalue weighted by Gasteiger charge is 2.21. The molecule has 0 amide bonds. The Morgan fingerprint density at radius 2 is 2.11 bits per heavy atom. The summed E-state index contributed by atoms with van der Waals surface area (Å²) >= 11 is 2.02. The lowest BCUT2D eigenvalue weighted by molar-refractivity contribution is 0.732. The van der Waals surface area contributed by atoms with E-state index in [-0.39, 0.29) is 0 Å². The van der Waals surface area contributed by atoms with Crippen LogP contribution in [0, 0.1) is 6.92 Å². The molecule has 2 rings (SSSR count). The zero-order valence-corrected chi connectivity index (χ0v) is 12.4. The molecule has 0 radical (unpaired) electrons. The van der Waals surface area contributed by atoms with E-state index in [1.807, 2.05) is 18.7 Å². The highest BCUT2D eigenvalue weighted by molar-refractivity contribution is 8.00. The molecule has 2 heterocycles. The average molecular weight is 266 g/mol. The van der Waals surface area contributed by atoms with E-state index < -0.39 is 0 Å². The third-order valence-corrected chi connectivity index (χ3v) is 4.37. The second kappa shape index (κ2) is 5.34. The normalized spacial score (nSPS) is 20.5. The number of aromatic nitrogens is 2. The summed E-state index contributed by atoms with van der Waals surface area (Å²) in [5, 5.41) is 0.650. The van der Waals surface area contributed by atoms with E-state index in [1.165, 1.54) is 0 Å². The summed E-state index contributed by atoms with van der Waals surface area (Å²) in [6.45, 7) is 10.6. The van der Waals surface area contributed by atoms with Gasteiger partial charge in [0.05, 0.1) is 0 Å². The number of nitrogens with two attached hydrogens (primary N) is 1. The van der Waals surface area contributed by atoms with E-state index in [4.69, 9.17) is 10.7 Å². The molecule has 0 aromatic carbocycles. The van der Waals surface area contributed by atoms with Crippen molar-refractivity contribution in [3.05, 3.63) is 11.4 Å². The van der Waals surface area contributed by atoms with E-state index in [0.717, 1.165) is 36.0 Å². The van der Waals surface area contributed by atoms with Crippen molar-refractivity contribution in [2.45, 2.75) is 38.9 Å². The zero-order chi connectivity index (χ0) is 13.3. The molecule has 18 heavy (non-hydrogen) atoms. The minimum absolute atomic E-state index is 0.309. The van der Waals surface area contributed by atoms with Crippen molar-refractivity contribution < 1.29 is 0 Å². The number of hydrogen-bond acceptors (Lipinski definition) is 5. The Morgan fingerprint density at radius 3 is 2.72 bits per heavy atom. The molecule has 1 aliphatic rings. The first-order valence-corrected chi connectivity index (χ1v) is 7.54. The van der Waals surface area contributed by atoms with Gasteiger partial charge in [-0.2, -0.15) is 11.8 Å². The molecular weight excluding hydrogens is 244 g/mol. The van der Waals surface area contributed by atoms with Crippen LogP contribution < -0.4 is 10.6 Å². The standard InChI is InChI=1S/C13H22N4S/c1-8(2)12-15-11(14)10(4)13(16-12)17-5-6-18-9(3)7-17/h8-9H,5-7H2,1-4H3,(H2,14,15,16). The fraction of sp³-hybridized carbons (Fsp3) is 0.692. The van der Waals surface area contributed by atoms with Gasteiger partial charge in [-0.1, -0.05) is 20.8 Å². The van der Waals surface area contributed by atoms with Crippen molar-refractivity contribution in [3.8, 4) is 0 Å². The van der Waals surface area contributed by atoms with E-state index in [0.29, 0.717) is 17.0 Å². The van der Waals surface area contributed by atoms with Gasteiger partial charge in [-0.3, -0.25) is 0 Å². The average Bonchev–Trinajstić information content (AvgIpc) is 2.32. The van der Waals surface area contributed by atoms with Gasteiger partial charge in [0.2, 0.25) is 0 Å². The van der Waals surface area contributed by atoms with Gasteiger partial charge in [-0.25, -0.2) is 9.97 Å². The van der Waals surface area contributed by atoms with E-state index >= 15 is 0 Å². The lowest BCUT2D eigenvalue weighted by Crippen LogP contribution is -2.38. The maximum absolute atomic E-state index is 6.02. The van der Waals surface area contributed by atoms with Gasteiger partial charge < -0.3 is 10.6 Å². The van der Waals surface area contributed by atoms with E-state index in [1.54, 1.807) is 0 Å². The lowest BCUT2D eigenvalue weighted by atomic mass is 10.2. The van der Waals surface area contributed by atoms with Crippen LogP contribution in [0.5, 0.6) is 0 Å². The molecule has 1 fully saturated rings. The molecule has 1 unspecified atom stereocenters. The number of nitrogens with zero attached hydrogens (tertiary/aromatic N) is 3. The topological polar surface area (TPSA) is 55.0 Å². The second-order valence-electron chi connectivity index (χ2n) is 5.20. The molecule has 0 spiro atoms. The maximum Gasteiger partial charge on any atom is 0.137 e. The van der Waals surface area contributed by atoms with E-state index in [2.05, 4.69) is 30.7 Å². The summed E-state index contributed by atoms with van der Waals surface area (Å²) in [5.74, 6) is 3.96. The third kappa shape index (κ3) is 2.71. The predicted octanol–water partition coefficient (Wildman–Crippen LogP) is 2.43. The number of nitrogen functional groups attached to an aromatic ring is 1. The molecule has 1 aromatic heterocycles. The SMILES string of the molecule is Cc1c(N)nc(C(C)C)nc1N1CCSC(C)C1. The molecule has 1 aromatic rings. The van der Waals surface area contributed by atoms with Crippen LogP contribution in [0.2, 0.25) is 0 Å². The minimum atomic E-state index is 0.309. The minimum Gasteiger partial charge on any atom is -0.383 e. The summed E-state index contributed by atoms with van der Waals surface area (Å²) in [4.78, 5) is 11.4. The monoisotopic (exact) mass is 266 g/mol. The fourth-order valence-corrected chi connectivity index (χ4v) is 3.13. The van der Waals surface area contributed by atoms with Crippen molar-refractivity contribution in [1.82, 2.24) is 9.97 Å². The molecule has 0 saturated carbocycles. The molecule has 0 bridgehead atoms. The van der Waals surface area contributed by atoms with Crippen molar-refractivity contribution in [1.29, 1.82) is 0 Å². The van der Waals surface area contributed by atoms with Gasteiger partial charge in [-0.05, 0) is 6.92 Å². The lowest BCUT2D eigenvalue weighted by Gasteiger charge is -2.33. The molecule has 0 aliphatic carbocycles. The van der Waals surface area contributed by atoms with Crippen molar-refractivity contribution >= 4 is 23.4 Å². The molecule has 1 atom stereocenters. The molecule has 5 heteroatoms. The van der Waals surface area contributed by atoms with Crippen LogP contribution in [0.25, 0.3) is 0 Å². The Bertz CT molecular complexity index is 433.